The number of rotatable bonds is 6. The number of carbonyl (C=O) groups is 3. The first-order valence-electron chi connectivity index (χ1n) is 9.44. The fraction of sp³-hybridized carbons (Fsp3) is 0.318. The predicted molar refractivity (Wildman–Crippen MR) is 109 cm³/mol. The molecule has 1 heterocycles. The summed E-state index contributed by atoms with van der Waals surface area (Å²) in [6, 6.07) is 13.8. The Bertz CT molecular complexity index is 908. The Labute approximate surface area is 169 Å². The van der Waals surface area contributed by atoms with E-state index >= 15 is 0 Å². The molecule has 0 aromatic heterocycles. The van der Waals surface area contributed by atoms with Crippen LogP contribution in [0.25, 0.3) is 0 Å². The molecule has 1 N–H and O–H groups in total. The third-order valence-electron chi connectivity index (χ3n) is 4.61. The van der Waals surface area contributed by atoms with Crippen LogP contribution in [0.3, 0.4) is 0 Å². The van der Waals surface area contributed by atoms with Crippen molar-refractivity contribution in [3.63, 3.8) is 0 Å². The van der Waals surface area contributed by atoms with E-state index in [1.165, 1.54) is 7.11 Å². The Hall–Kier alpha value is -3.35. The summed E-state index contributed by atoms with van der Waals surface area (Å²) in [6.07, 6.45) is 0.173. The number of para-hydroxylation sites is 1. The number of anilines is 2. The van der Waals surface area contributed by atoms with Crippen molar-refractivity contribution in [3.05, 3.63) is 54.1 Å². The predicted octanol–water partition coefficient (Wildman–Crippen LogP) is 3.25. The van der Waals surface area contributed by atoms with Gasteiger partial charge in [-0.1, -0.05) is 12.1 Å². The Balaban J connectivity index is 1.69. The van der Waals surface area contributed by atoms with E-state index in [1.807, 2.05) is 38.1 Å². The fourth-order valence-corrected chi connectivity index (χ4v) is 3.22. The topological polar surface area (TPSA) is 84.9 Å². The molecule has 3 rings (SSSR count). The molecule has 0 spiro atoms. The molecule has 0 unspecified atom stereocenters. The van der Waals surface area contributed by atoms with E-state index in [2.05, 4.69) is 5.32 Å². The van der Waals surface area contributed by atoms with Crippen LogP contribution in [0, 0.1) is 5.92 Å². The van der Waals surface area contributed by atoms with Crippen molar-refractivity contribution in [1.82, 2.24) is 0 Å². The molecule has 1 fully saturated rings. The van der Waals surface area contributed by atoms with Crippen molar-refractivity contribution in [2.24, 2.45) is 5.92 Å². The number of amides is 2. The van der Waals surface area contributed by atoms with Crippen LogP contribution in [0.15, 0.2) is 48.5 Å². The number of methoxy groups -OCH3 is 1. The van der Waals surface area contributed by atoms with Gasteiger partial charge in [0.15, 0.2) is 0 Å². The van der Waals surface area contributed by atoms with Gasteiger partial charge in [0.25, 0.3) is 0 Å². The smallest absolute Gasteiger partial charge is 0.339 e. The van der Waals surface area contributed by atoms with Crippen molar-refractivity contribution >= 4 is 29.2 Å². The summed E-state index contributed by atoms with van der Waals surface area (Å²) in [5.41, 5.74) is 1.35. The van der Waals surface area contributed by atoms with Gasteiger partial charge >= 0.3 is 5.97 Å². The summed E-state index contributed by atoms with van der Waals surface area (Å²) in [5, 5.41) is 2.75. The summed E-state index contributed by atoms with van der Waals surface area (Å²) in [4.78, 5) is 38.6. The number of nitrogens with zero attached hydrogens (tertiary/aromatic N) is 1. The van der Waals surface area contributed by atoms with Crippen LogP contribution in [0.1, 0.15) is 30.6 Å². The Morgan fingerprint density at radius 3 is 2.45 bits per heavy atom. The Kier molecular flexibility index (Phi) is 6.16. The third-order valence-corrected chi connectivity index (χ3v) is 4.61. The molecule has 152 valence electrons. The molecule has 2 aromatic rings. The van der Waals surface area contributed by atoms with Crippen LogP contribution in [0.5, 0.6) is 5.75 Å². The average Bonchev–Trinajstić information content (AvgIpc) is 3.10. The average molecular weight is 396 g/mol. The number of hydrogen-bond acceptors (Lipinski definition) is 5. The van der Waals surface area contributed by atoms with Crippen LogP contribution in [-0.2, 0) is 14.3 Å². The number of benzene rings is 2. The van der Waals surface area contributed by atoms with Crippen LogP contribution >= 0.6 is 0 Å². The van der Waals surface area contributed by atoms with Crippen molar-refractivity contribution in [3.8, 4) is 5.75 Å². The minimum absolute atomic E-state index is 0.0650. The van der Waals surface area contributed by atoms with E-state index in [1.54, 1.807) is 29.2 Å². The number of esters is 1. The minimum atomic E-state index is -0.534. The third kappa shape index (κ3) is 4.74. The van der Waals surface area contributed by atoms with Gasteiger partial charge in [0, 0.05) is 18.7 Å². The second-order valence-electron chi connectivity index (χ2n) is 7.09. The largest absolute Gasteiger partial charge is 0.491 e. The normalized spacial score (nSPS) is 16.1. The molecule has 0 saturated carbocycles. The molecule has 7 nitrogen and oxygen atoms in total. The lowest BCUT2D eigenvalue weighted by molar-refractivity contribution is -0.122. The summed E-state index contributed by atoms with van der Waals surface area (Å²) in [7, 11) is 1.28. The van der Waals surface area contributed by atoms with Gasteiger partial charge in [-0.25, -0.2) is 4.79 Å². The van der Waals surface area contributed by atoms with E-state index in [-0.39, 0.29) is 36.4 Å². The summed E-state index contributed by atoms with van der Waals surface area (Å²) >= 11 is 0. The molecule has 0 bridgehead atoms. The van der Waals surface area contributed by atoms with Crippen molar-refractivity contribution in [2.45, 2.75) is 26.4 Å². The Morgan fingerprint density at radius 1 is 1.10 bits per heavy atom. The molecule has 1 saturated heterocycles. The highest BCUT2D eigenvalue weighted by molar-refractivity contribution is 6.06. The summed E-state index contributed by atoms with van der Waals surface area (Å²) in [5.74, 6) is -0.751. The highest BCUT2D eigenvalue weighted by Gasteiger charge is 2.35. The van der Waals surface area contributed by atoms with E-state index in [9.17, 15) is 14.4 Å². The number of hydrogen-bond donors (Lipinski definition) is 1. The molecule has 2 amide bonds. The van der Waals surface area contributed by atoms with E-state index in [0.717, 1.165) is 11.4 Å². The van der Waals surface area contributed by atoms with Crippen LogP contribution in [0.4, 0.5) is 11.4 Å². The molecular formula is C22H24N2O5. The molecule has 7 heteroatoms. The second-order valence-corrected chi connectivity index (χ2v) is 7.09. The first-order chi connectivity index (χ1) is 13.9. The van der Waals surface area contributed by atoms with Gasteiger partial charge in [0.05, 0.1) is 30.4 Å². The second kappa shape index (κ2) is 8.77. The summed E-state index contributed by atoms with van der Waals surface area (Å²) < 4.78 is 10.4. The van der Waals surface area contributed by atoms with Gasteiger partial charge in [0.1, 0.15) is 5.75 Å². The van der Waals surface area contributed by atoms with E-state index < -0.39 is 11.9 Å². The van der Waals surface area contributed by atoms with Gasteiger partial charge in [-0.05, 0) is 50.2 Å². The van der Waals surface area contributed by atoms with Gasteiger partial charge in [-0.2, -0.15) is 0 Å². The molecule has 1 aliphatic heterocycles. The van der Waals surface area contributed by atoms with Crippen molar-refractivity contribution in [2.75, 3.05) is 23.9 Å². The quantitative estimate of drug-likeness (QED) is 0.758. The van der Waals surface area contributed by atoms with E-state index in [0.29, 0.717) is 5.69 Å². The highest BCUT2D eigenvalue weighted by Crippen LogP contribution is 2.28. The zero-order chi connectivity index (χ0) is 21.0. The maximum Gasteiger partial charge on any atom is 0.339 e. The highest BCUT2D eigenvalue weighted by atomic mass is 16.5. The molecule has 0 radical (unpaired) electrons. The van der Waals surface area contributed by atoms with Crippen LogP contribution < -0.4 is 15.0 Å². The fourth-order valence-electron chi connectivity index (χ4n) is 3.22. The zero-order valence-electron chi connectivity index (χ0n) is 16.7. The lowest BCUT2D eigenvalue weighted by Crippen LogP contribution is -2.28. The SMILES string of the molecule is COC(=O)c1ccccc1NC(=O)[C@@H]1CC(=O)N(c2ccc(OC(C)C)cc2)C1. The van der Waals surface area contributed by atoms with Gasteiger partial charge in [-0.15, -0.1) is 0 Å². The van der Waals surface area contributed by atoms with E-state index in [4.69, 9.17) is 9.47 Å². The first kappa shape index (κ1) is 20.4. The minimum Gasteiger partial charge on any atom is -0.491 e. The zero-order valence-corrected chi connectivity index (χ0v) is 16.7. The molecular weight excluding hydrogens is 372 g/mol. The maximum atomic E-state index is 12.7. The van der Waals surface area contributed by atoms with Crippen molar-refractivity contribution in [1.29, 1.82) is 0 Å². The number of nitrogens with one attached hydrogen (secondary N) is 1. The summed E-state index contributed by atoms with van der Waals surface area (Å²) in [6.45, 7) is 4.16. The monoisotopic (exact) mass is 396 g/mol. The molecule has 2 aromatic carbocycles. The number of carbonyl (C=O) groups excluding carboxylic acids is 3. The lowest BCUT2D eigenvalue weighted by atomic mass is 10.1. The Morgan fingerprint density at radius 2 is 1.79 bits per heavy atom. The molecule has 0 aliphatic carbocycles. The molecule has 29 heavy (non-hydrogen) atoms. The maximum absolute atomic E-state index is 12.7. The van der Waals surface area contributed by atoms with Crippen LogP contribution in [-0.4, -0.2) is 37.5 Å². The van der Waals surface area contributed by atoms with Gasteiger partial charge in [-0.3, -0.25) is 9.59 Å². The number of ether oxygens (including phenoxy) is 2. The molecule has 1 atom stereocenters. The molecule has 1 aliphatic rings. The first-order valence-corrected chi connectivity index (χ1v) is 9.44. The lowest BCUT2D eigenvalue weighted by Gasteiger charge is -2.18. The van der Waals surface area contributed by atoms with Crippen molar-refractivity contribution < 1.29 is 23.9 Å². The van der Waals surface area contributed by atoms with Crippen LogP contribution in [0.2, 0.25) is 0 Å². The van der Waals surface area contributed by atoms with Gasteiger partial charge in [0.2, 0.25) is 11.8 Å². The van der Waals surface area contributed by atoms with Gasteiger partial charge < -0.3 is 19.7 Å². The standard InChI is InChI=1S/C22H24N2O5/c1-14(2)29-17-10-8-16(9-11-17)24-13-15(12-20(24)25)21(26)23-19-7-5-4-6-18(19)22(27)28-3/h4-11,14-15H,12-13H2,1-3H3,(H,23,26)/t15-/m1/s1.